The Hall–Kier alpha value is 0.190. The van der Waals surface area contributed by atoms with Crippen LogP contribution in [0.15, 0.2) is 0 Å². The van der Waals surface area contributed by atoms with Crippen LogP contribution >= 0.6 is 7.37 Å². The first-order valence-corrected chi connectivity index (χ1v) is 5.81. The zero-order valence-corrected chi connectivity index (χ0v) is 7.90. The van der Waals surface area contributed by atoms with Crippen LogP contribution in [0.4, 0.5) is 0 Å². The molecular weight excluding hydrogens is 147 g/mol. The molecule has 0 bridgehead atoms. The van der Waals surface area contributed by atoms with Gasteiger partial charge in [-0.2, -0.15) is 0 Å². The maximum absolute atomic E-state index is 11.3. The van der Waals surface area contributed by atoms with Crippen molar-refractivity contribution in [2.24, 2.45) is 0 Å². The van der Waals surface area contributed by atoms with Crippen LogP contribution in [0.3, 0.4) is 0 Å². The highest BCUT2D eigenvalue weighted by atomic mass is 31.2. The molecule has 2 nitrogen and oxygen atoms in total. The van der Waals surface area contributed by atoms with Crippen molar-refractivity contribution < 1.29 is 9.46 Å². The van der Waals surface area contributed by atoms with Gasteiger partial charge in [-0.15, -0.1) is 0 Å². The molecule has 1 unspecified atom stereocenters. The highest BCUT2D eigenvalue weighted by Gasteiger charge is 2.24. The molecule has 0 spiro atoms. The van der Waals surface area contributed by atoms with Crippen molar-refractivity contribution in [2.75, 3.05) is 6.16 Å². The molecule has 0 aromatic heterocycles. The molecule has 0 aromatic rings. The van der Waals surface area contributed by atoms with E-state index in [1.165, 1.54) is 0 Å². The molecule has 62 valence electrons. The summed E-state index contributed by atoms with van der Waals surface area (Å²) in [4.78, 5) is 9.34. The van der Waals surface area contributed by atoms with E-state index in [9.17, 15) is 9.46 Å². The molecule has 0 aliphatic rings. The lowest BCUT2D eigenvalue weighted by molar-refractivity contribution is 0.458. The van der Waals surface area contributed by atoms with Gasteiger partial charge >= 0.3 is 0 Å². The molecule has 0 fully saturated rings. The molecule has 1 N–H and O–H groups in total. The van der Waals surface area contributed by atoms with E-state index in [1.54, 1.807) is 6.92 Å². The third-order valence-electron chi connectivity index (χ3n) is 1.97. The van der Waals surface area contributed by atoms with E-state index in [4.69, 9.17) is 0 Å². The molecule has 0 aliphatic carbocycles. The van der Waals surface area contributed by atoms with Crippen LogP contribution in [0, 0.1) is 0 Å². The summed E-state index contributed by atoms with van der Waals surface area (Å²) < 4.78 is 11.3. The van der Waals surface area contributed by atoms with Gasteiger partial charge in [0, 0.05) is 11.8 Å². The van der Waals surface area contributed by atoms with Gasteiger partial charge in [0.25, 0.3) is 0 Å². The van der Waals surface area contributed by atoms with Crippen LogP contribution in [0.5, 0.6) is 0 Å². The predicted octanol–water partition coefficient (Wildman–Crippen LogP) is 2.47. The van der Waals surface area contributed by atoms with Crippen molar-refractivity contribution in [3.8, 4) is 0 Å². The Labute approximate surface area is 63.1 Å². The minimum Gasteiger partial charge on any atom is -0.344 e. The first-order valence-electron chi connectivity index (χ1n) is 3.89. The Balaban J connectivity index is 4.12. The van der Waals surface area contributed by atoms with E-state index in [-0.39, 0.29) is 5.66 Å². The topological polar surface area (TPSA) is 37.3 Å². The second-order valence-corrected chi connectivity index (χ2v) is 5.42. The van der Waals surface area contributed by atoms with Crippen molar-refractivity contribution in [1.82, 2.24) is 0 Å². The highest BCUT2D eigenvalue weighted by molar-refractivity contribution is 7.58. The zero-order chi connectivity index (χ0) is 8.20. The molecule has 3 heteroatoms. The van der Waals surface area contributed by atoms with Gasteiger partial charge in [-0.25, -0.2) is 0 Å². The van der Waals surface area contributed by atoms with Gasteiger partial charge in [-0.1, -0.05) is 20.8 Å². The lowest BCUT2D eigenvalue weighted by atomic mass is 10.3. The standard InChI is InChI=1S/C7H17O2P/c1-4-7(5-2)10(8,9)6-3/h7H,4-6H2,1-3H3,(H,8,9). The lowest BCUT2D eigenvalue weighted by Gasteiger charge is -2.18. The smallest absolute Gasteiger partial charge is 0.203 e. The molecule has 0 rings (SSSR count). The largest absolute Gasteiger partial charge is 0.344 e. The van der Waals surface area contributed by atoms with Gasteiger partial charge in [0.2, 0.25) is 7.37 Å². The summed E-state index contributed by atoms with van der Waals surface area (Å²) in [5, 5.41) is 0. The van der Waals surface area contributed by atoms with E-state index in [0.29, 0.717) is 6.16 Å². The summed E-state index contributed by atoms with van der Waals surface area (Å²) in [6.07, 6.45) is 2.05. The Morgan fingerprint density at radius 2 is 1.70 bits per heavy atom. The zero-order valence-electron chi connectivity index (χ0n) is 7.00. The monoisotopic (exact) mass is 164 g/mol. The average Bonchev–Trinajstić information content (AvgIpc) is 1.90. The van der Waals surface area contributed by atoms with Crippen molar-refractivity contribution in [3.05, 3.63) is 0 Å². The van der Waals surface area contributed by atoms with E-state index in [0.717, 1.165) is 12.8 Å². The molecule has 0 amide bonds. The van der Waals surface area contributed by atoms with Gasteiger partial charge in [-0.3, -0.25) is 4.57 Å². The lowest BCUT2D eigenvalue weighted by Crippen LogP contribution is -2.06. The quantitative estimate of drug-likeness (QED) is 0.648. The summed E-state index contributed by atoms with van der Waals surface area (Å²) >= 11 is 0. The molecule has 0 saturated carbocycles. The van der Waals surface area contributed by atoms with Crippen LogP contribution in [0.2, 0.25) is 0 Å². The molecule has 0 aromatic carbocycles. The second kappa shape index (κ2) is 4.15. The first-order chi connectivity index (χ1) is 4.58. The Morgan fingerprint density at radius 1 is 1.30 bits per heavy atom. The minimum absolute atomic E-state index is 0.0255. The van der Waals surface area contributed by atoms with Crippen molar-refractivity contribution in [3.63, 3.8) is 0 Å². The maximum atomic E-state index is 11.3. The number of hydrogen-bond donors (Lipinski definition) is 1. The predicted molar refractivity (Wildman–Crippen MR) is 44.7 cm³/mol. The Kier molecular flexibility index (Phi) is 4.23. The summed E-state index contributed by atoms with van der Waals surface area (Å²) in [6.45, 7) is 5.71. The Morgan fingerprint density at radius 3 is 1.80 bits per heavy atom. The van der Waals surface area contributed by atoms with Crippen LogP contribution < -0.4 is 0 Å². The van der Waals surface area contributed by atoms with Gasteiger partial charge in [0.05, 0.1) is 0 Å². The van der Waals surface area contributed by atoms with E-state index in [2.05, 4.69) is 0 Å². The van der Waals surface area contributed by atoms with Crippen LogP contribution in [-0.2, 0) is 4.57 Å². The fourth-order valence-electron chi connectivity index (χ4n) is 1.12. The summed E-state index contributed by atoms with van der Waals surface area (Å²) in [7, 11) is -2.78. The van der Waals surface area contributed by atoms with E-state index >= 15 is 0 Å². The molecule has 0 saturated heterocycles. The van der Waals surface area contributed by atoms with Crippen molar-refractivity contribution in [1.29, 1.82) is 0 Å². The fourth-order valence-corrected chi connectivity index (χ4v) is 2.77. The number of rotatable bonds is 4. The number of hydrogen-bond acceptors (Lipinski definition) is 1. The fraction of sp³-hybridized carbons (Fsp3) is 1.00. The first kappa shape index (κ1) is 10.2. The third kappa shape index (κ3) is 2.43. The van der Waals surface area contributed by atoms with E-state index < -0.39 is 7.37 Å². The van der Waals surface area contributed by atoms with Crippen LogP contribution in [-0.4, -0.2) is 16.7 Å². The highest BCUT2D eigenvalue weighted by Crippen LogP contribution is 2.48. The molecule has 1 atom stereocenters. The molecule has 10 heavy (non-hydrogen) atoms. The van der Waals surface area contributed by atoms with E-state index in [1.807, 2.05) is 13.8 Å². The molecule has 0 aliphatic heterocycles. The average molecular weight is 164 g/mol. The normalized spacial score (nSPS) is 17.3. The molecule has 0 radical (unpaired) electrons. The van der Waals surface area contributed by atoms with Gasteiger partial charge in [0.15, 0.2) is 0 Å². The second-order valence-electron chi connectivity index (χ2n) is 2.54. The summed E-state index contributed by atoms with van der Waals surface area (Å²) in [6, 6.07) is 0. The SMILES string of the molecule is CCC(CC)P(=O)(O)CC. The minimum atomic E-state index is -2.78. The van der Waals surface area contributed by atoms with Crippen LogP contribution in [0.1, 0.15) is 33.6 Å². The third-order valence-corrected chi connectivity index (χ3v) is 4.74. The van der Waals surface area contributed by atoms with Gasteiger partial charge in [0.1, 0.15) is 0 Å². The molecule has 0 heterocycles. The van der Waals surface area contributed by atoms with Crippen LogP contribution in [0.25, 0.3) is 0 Å². The molecular formula is C7H17O2P. The van der Waals surface area contributed by atoms with Crippen molar-refractivity contribution in [2.45, 2.75) is 39.3 Å². The maximum Gasteiger partial charge on any atom is 0.203 e. The van der Waals surface area contributed by atoms with Gasteiger partial charge < -0.3 is 4.89 Å². The summed E-state index contributed by atoms with van der Waals surface area (Å²) in [5.41, 5.74) is 0.0255. The van der Waals surface area contributed by atoms with Crippen molar-refractivity contribution >= 4 is 7.37 Å². The summed E-state index contributed by atoms with van der Waals surface area (Å²) in [5.74, 6) is 0. The Bertz CT molecular complexity index is 130. The van der Waals surface area contributed by atoms with Gasteiger partial charge in [-0.05, 0) is 12.8 Å².